The Morgan fingerprint density at radius 2 is 2.17 bits per heavy atom. The minimum atomic E-state index is 0.348. The smallest absolute Gasteiger partial charge is 0.129 e. The van der Waals surface area contributed by atoms with Crippen LogP contribution in [0.2, 0.25) is 0 Å². The van der Waals surface area contributed by atoms with Gasteiger partial charge in [-0.1, -0.05) is 26.2 Å². The predicted octanol–water partition coefficient (Wildman–Crippen LogP) is 3.18. The van der Waals surface area contributed by atoms with Crippen LogP contribution >= 0.6 is 0 Å². The average molecular weight is 168 g/mol. The van der Waals surface area contributed by atoms with Gasteiger partial charge in [-0.2, -0.15) is 0 Å². The summed E-state index contributed by atoms with van der Waals surface area (Å²) in [7, 11) is 0. The molecule has 0 aromatic carbocycles. The molecule has 0 aromatic rings. The van der Waals surface area contributed by atoms with Gasteiger partial charge in [0.1, 0.15) is 5.78 Å². The lowest BCUT2D eigenvalue weighted by molar-refractivity contribution is -0.117. The molecule has 1 fully saturated rings. The SMILES string of the molecule is CC(=O)CCC[C@H]1CC[C@@H](C)C1. The first-order valence-electron chi connectivity index (χ1n) is 5.18. The second-order valence-corrected chi connectivity index (χ2v) is 4.38. The molecule has 0 heterocycles. The zero-order chi connectivity index (χ0) is 8.97. The van der Waals surface area contributed by atoms with Crippen molar-refractivity contribution in [3.8, 4) is 0 Å². The third-order valence-corrected chi connectivity index (χ3v) is 2.94. The van der Waals surface area contributed by atoms with Crippen molar-refractivity contribution < 1.29 is 4.79 Å². The second-order valence-electron chi connectivity index (χ2n) is 4.38. The van der Waals surface area contributed by atoms with Crippen LogP contribution in [0.1, 0.15) is 52.4 Å². The summed E-state index contributed by atoms with van der Waals surface area (Å²) in [5.74, 6) is 2.22. The minimum Gasteiger partial charge on any atom is -0.300 e. The van der Waals surface area contributed by atoms with Crippen LogP contribution in [-0.4, -0.2) is 5.78 Å². The summed E-state index contributed by atoms with van der Waals surface area (Å²) in [5, 5.41) is 0. The van der Waals surface area contributed by atoms with Crippen LogP contribution in [0.4, 0.5) is 0 Å². The fourth-order valence-electron chi connectivity index (χ4n) is 2.23. The van der Waals surface area contributed by atoms with Crippen LogP contribution in [0.15, 0.2) is 0 Å². The molecule has 12 heavy (non-hydrogen) atoms. The van der Waals surface area contributed by atoms with Crippen molar-refractivity contribution >= 4 is 5.78 Å². The largest absolute Gasteiger partial charge is 0.300 e. The van der Waals surface area contributed by atoms with Gasteiger partial charge in [-0.3, -0.25) is 0 Å². The molecule has 1 heteroatoms. The molecule has 0 amide bonds. The fourth-order valence-corrected chi connectivity index (χ4v) is 2.23. The highest BCUT2D eigenvalue weighted by molar-refractivity contribution is 5.75. The zero-order valence-electron chi connectivity index (χ0n) is 8.31. The van der Waals surface area contributed by atoms with E-state index in [0.29, 0.717) is 5.78 Å². The van der Waals surface area contributed by atoms with Crippen LogP contribution in [0, 0.1) is 11.8 Å². The molecule has 0 aliphatic heterocycles. The Morgan fingerprint density at radius 1 is 1.42 bits per heavy atom. The molecule has 0 unspecified atom stereocenters. The Labute approximate surface area is 75.5 Å². The minimum absolute atomic E-state index is 0.348. The van der Waals surface area contributed by atoms with Gasteiger partial charge in [-0.05, 0) is 31.6 Å². The van der Waals surface area contributed by atoms with E-state index in [9.17, 15) is 4.79 Å². The summed E-state index contributed by atoms with van der Waals surface area (Å²) < 4.78 is 0. The number of ketones is 1. The third kappa shape index (κ3) is 3.38. The maximum Gasteiger partial charge on any atom is 0.129 e. The Bertz CT molecular complexity index is 151. The average Bonchev–Trinajstić information content (AvgIpc) is 2.35. The lowest BCUT2D eigenvalue weighted by Gasteiger charge is -2.07. The molecule has 1 rings (SSSR count). The normalized spacial score (nSPS) is 29.2. The van der Waals surface area contributed by atoms with E-state index in [1.807, 2.05) is 0 Å². The van der Waals surface area contributed by atoms with Crippen molar-refractivity contribution in [2.24, 2.45) is 11.8 Å². The molecule has 0 saturated heterocycles. The molecule has 0 N–H and O–H groups in total. The van der Waals surface area contributed by atoms with Crippen LogP contribution in [0.3, 0.4) is 0 Å². The van der Waals surface area contributed by atoms with Gasteiger partial charge in [-0.15, -0.1) is 0 Å². The summed E-state index contributed by atoms with van der Waals surface area (Å²) in [6, 6.07) is 0. The molecule has 0 radical (unpaired) electrons. The van der Waals surface area contributed by atoms with E-state index in [2.05, 4.69) is 6.92 Å². The Hall–Kier alpha value is -0.330. The van der Waals surface area contributed by atoms with E-state index >= 15 is 0 Å². The first-order chi connectivity index (χ1) is 5.68. The summed E-state index contributed by atoms with van der Waals surface area (Å²) in [6.45, 7) is 4.03. The lowest BCUT2D eigenvalue weighted by Crippen LogP contribution is -1.97. The van der Waals surface area contributed by atoms with Crippen molar-refractivity contribution in [2.75, 3.05) is 0 Å². The highest BCUT2D eigenvalue weighted by Crippen LogP contribution is 2.33. The van der Waals surface area contributed by atoms with Crippen molar-refractivity contribution in [3.05, 3.63) is 0 Å². The lowest BCUT2D eigenvalue weighted by atomic mass is 9.99. The van der Waals surface area contributed by atoms with Crippen molar-refractivity contribution in [3.63, 3.8) is 0 Å². The standard InChI is InChI=1S/C11H20O/c1-9-6-7-11(8-9)5-3-4-10(2)12/h9,11H,3-8H2,1-2H3/t9-,11+/m1/s1. The van der Waals surface area contributed by atoms with Gasteiger partial charge in [0, 0.05) is 6.42 Å². The van der Waals surface area contributed by atoms with Crippen LogP contribution in [0.5, 0.6) is 0 Å². The van der Waals surface area contributed by atoms with E-state index in [-0.39, 0.29) is 0 Å². The summed E-state index contributed by atoms with van der Waals surface area (Å²) >= 11 is 0. The van der Waals surface area contributed by atoms with Gasteiger partial charge in [-0.25, -0.2) is 0 Å². The van der Waals surface area contributed by atoms with Gasteiger partial charge in [0.25, 0.3) is 0 Å². The first kappa shape index (κ1) is 9.76. The van der Waals surface area contributed by atoms with Crippen molar-refractivity contribution in [1.82, 2.24) is 0 Å². The molecular weight excluding hydrogens is 148 g/mol. The number of carbonyl (C=O) groups is 1. The maximum atomic E-state index is 10.7. The van der Waals surface area contributed by atoms with Crippen molar-refractivity contribution in [1.29, 1.82) is 0 Å². The topological polar surface area (TPSA) is 17.1 Å². The second kappa shape index (κ2) is 4.64. The number of hydrogen-bond acceptors (Lipinski definition) is 1. The predicted molar refractivity (Wildman–Crippen MR) is 51.0 cm³/mol. The molecule has 70 valence electrons. The summed E-state index contributed by atoms with van der Waals surface area (Å²) in [5.41, 5.74) is 0. The van der Waals surface area contributed by atoms with Gasteiger partial charge in [0.05, 0.1) is 0 Å². The molecule has 1 nitrogen and oxygen atoms in total. The highest BCUT2D eigenvalue weighted by atomic mass is 16.1. The molecule has 0 spiro atoms. The quantitative estimate of drug-likeness (QED) is 0.630. The zero-order valence-corrected chi connectivity index (χ0v) is 8.31. The molecule has 1 aliphatic carbocycles. The number of rotatable bonds is 4. The van der Waals surface area contributed by atoms with Gasteiger partial charge in [0.15, 0.2) is 0 Å². The maximum absolute atomic E-state index is 10.7. The number of carbonyl (C=O) groups excluding carboxylic acids is 1. The molecule has 1 saturated carbocycles. The fraction of sp³-hybridized carbons (Fsp3) is 0.909. The Kier molecular flexibility index (Phi) is 3.77. The van der Waals surface area contributed by atoms with Gasteiger partial charge in [0.2, 0.25) is 0 Å². The Morgan fingerprint density at radius 3 is 2.67 bits per heavy atom. The van der Waals surface area contributed by atoms with Crippen LogP contribution in [0.25, 0.3) is 0 Å². The van der Waals surface area contributed by atoms with Crippen molar-refractivity contribution in [2.45, 2.75) is 52.4 Å². The van der Waals surface area contributed by atoms with Gasteiger partial charge >= 0.3 is 0 Å². The van der Waals surface area contributed by atoms with E-state index < -0.39 is 0 Å². The molecule has 2 atom stereocenters. The molecule has 0 bridgehead atoms. The van der Waals surface area contributed by atoms with E-state index in [1.165, 1.54) is 25.7 Å². The number of Topliss-reactive ketones (excluding diaryl/α,β-unsaturated/α-hetero) is 1. The van der Waals surface area contributed by atoms with Crippen LogP contribution in [-0.2, 0) is 4.79 Å². The Balaban J connectivity index is 2.04. The van der Waals surface area contributed by atoms with Gasteiger partial charge < -0.3 is 4.79 Å². The van der Waals surface area contributed by atoms with E-state index in [0.717, 1.165) is 24.7 Å². The monoisotopic (exact) mass is 168 g/mol. The molecular formula is C11H20O. The highest BCUT2D eigenvalue weighted by Gasteiger charge is 2.20. The molecule has 1 aliphatic rings. The van der Waals surface area contributed by atoms with Crippen LogP contribution < -0.4 is 0 Å². The first-order valence-corrected chi connectivity index (χ1v) is 5.18. The third-order valence-electron chi connectivity index (χ3n) is 2.94. The molecule has 0 aromatic heterocycles. The number of hydrogen-bond donors (Lipinski definition) is 0. The summed E-state index contributed by atoms with van der Waals surface area (Å²) in [6.07, 6.45) is 7.41. The van der Waals surface area contributed by atoms with E-state index in [4.69, 9.17) is 0 Å². The summed E-state index contributed by atoms with van der Waals surface area (Å²) in [4.78, 5) is 10.7. The van der Waals surface area contributed by atoms with E-state index in [1.54, 1.807) is 6.92 Å².